The fourth-order valence-corrected chi connectivity index (χ4v) is 5.94. The van der Waals surface area contributed by atoms with Crippen molar-refractivity contribution in [3.8, 4) is 0 Å². The van der Waals surface area contributed by atoms with Crippen molar-refractivity contribution >= 4 is 25.2 Å². The Labute approximate surface area is 208 Å². The second kappa shape index (κ2) is 8.89. The van der Waals surface area contributed by atoms with Gasteiger partial charge in [-0.3, -0.25) is 9.63 Å². The zero-order valence-corrected chi connectivity index (χ0v) is 22.3. The van der Waals surface area contributed by atoms with E-state index >= 15 is 0 Å². The SMILES string of the molecule is CC(C)(C)[Si](C)(C)OC[C@]1(Cc2c[nH]c3ccccc23)C[C@H]2C(=O)OC[C@H](c3ccccc3)N2O1. The first-order valence-electron chi connectivity index (χ1n) is 12.5. The first kappa shape index (κ1) is 24.3. The molecule has 0 aliphatic carbocycles. The van der Waals surface area contributed by atoms with Crippen molar-refractivity contribution in [2.45, 2.75) is 69.4 Å². The topological polar surface area (TPSA) is 63.8 Å². The quantitative estimate of drug-likeness (QED) is 0.349. The Balaban J connectivity index is 1.50. The average Bonchev–Trinajstić information content (AvgIpc) is 3.41. The molecule has 3 heterocycles. The number of morpholine rings is 1. The Morgan fingerprint density at radius 3 is 2.54 bits per heavy atom. The van der Waals surface area contributed by atoms with Crippen LogP contribution < -0.4 is 0 Å². The molecule has 3 atom stereocenters. The summed E-state index contributed by atoms with van der Waals surface area (Å²) in [4.78, 5) is 23.2. The van der Waals surface area contributed by atoms with Gasteiger partial charge in [0, 0.05) is 29.9 Å². The van der Waals surface area contributed by atoms with Crippen LogP contribution in [0.15, 0.2) is 60.8 Å². The number of esters is 1. The molecule has 2 aliphatic rings. The number of cyclic esters (lactones) is 1. The summed E-state index contributed by atoms with van der Waals surface area (Å²) in [5, 5.41) is 3.15. The Kier molecular flexibility index (Phi) is 6.16. The lowest BCUT2D eigenvalue weighted by Crippen LogP contribution is -2.48. The number of carbonyl (C=O) groups is 1. The minimum absolute atomic E-state index is 0.0755. The van der Waals surface area contributed by atoms with Gasteiger partial charge in [-0.2, -0.15) is 5.06 Å². The highest BCUT2D eigenvalue weighted by Crippen LogP contribution is 2.45. The van der Waals surface area contributed by atoms with Gasteiger partial charge in [0.2, 0.25) is 0 Å². The molecule has 2 aromatic carbocycles. The standard InChI is InChI=1S/C28H36N2O4Si/c1-27(2,3)35(4,5)33-19-28(15-21-17-29-23-14-10-9-13-22(21)23)16-24-26(31)32-18-25(30(24)34-28)20-11-7-6-8-12-20/h6-14,17,24-25,29H,15-16,18-19H2,1-5H3/t24-,25+,28-/m0/s1. The molecular formula is C28H36N2O4Si. The molecule has 3 aromatic rings. The minimum atomic E-state index is -2.04. The number of nitrogens with zero attached hydrogens (tertiary/aromatic N) is 1. The van der Waals surface area contributed by atoms with Crippen LogP contribution >= 0.6 is 0 Å². The van der Waals surface area contributed by atoms with E-state index < -0.39 is 20.0 Å². The van der Waals surface area contributed by atoms with Crippen LogP contribution in [0.3, 0.4) is 0 Å². The first-order chi connectivity index (χ1) is 16.6. The summed E-state index contributed by atoms with van der Waals surface area (Å²) in [5.74, 6) is -0.217. The van der Waals surface area contributed by atoms with Gasteiger partial charge in [-0.05, 0) is 35.3 Å². The molecule has 0 radical (unpaired) electrons. The zero-order valence-electron chi connectivity index (χ0n) is 21.3. The molecule has 186 valence electrons. The van der Waals surface area contributed by atoms with E-state index in [9.17, 15) is 4.79 Å². The lowest BCUT2D eigenvalue weighted by atomic mass is 9.89. The predicted octanol–water partition coefficient (Wildman–Crippen LogP) is 5.78. The maximum Gasteiger partial charge on any atom is 0.325 e. The second-order valence-electron chi connectivity index (χ2n) is 11.5. The van der Waals surface area contributed by atoms with Crippen LogP contribution in [0.25, 0.3) is 10.9 Å². The molecule has 6 nitrogen and oxygen atoms in total. The zero-order chi connectivity index (χ0) is 24.8. The highest BCUT2D eigenvalue weighted by atomic mass is 28.4. The number of nitrogens with one attached hydrogen (secondary N) is 1. The Morgan fingerprint density at radius 1 is 1.09 bits per heavy atom. The molecule has 1 N–H and O–H groups in total. The molecule has 5 rings (SSSR count). The van der Waals surface area contributed by atoms with Gasteiger partial charge in [0.1, 0.15) is 18.2 Å². The molecular weight excluding hydrogens is 456 g/mol. The summed E-state index contributed by atoms with van der Waals surface area (Å²) in [5.41, 5.74) is 2.68. The smallest absolute Gasteiger partial charge is 0.325 e. The van der Waals surface area contributed by atoms with E-state index in [0.717, 1.165) is 11.1 Å². The van der Waals surface area contributed by atoms with Crippen molar-refractivity contribution < 1.29 is 18.8 Å². The van der Waals surface area contributed by atoms with E-state index in [1.165, 1.54) is 10.9 Å². The molecule has 0 bridgehead atoms. The Hall–Kier alpha value is -2.45. The number of ether oxygens (including phenoxy) is 1. The number of fused-ring (bicyclic) bond motifs is 2. The summed E-state index contributed by atoms with van der Waals surface area (Å²) in [6.07, 6.45) is 3.24. The van der Waals surface area contributed by atoms with Gasteiger partial charge in [-0.1, -0.05) is 69.3 Å². The van der Waals surface area contributed by atoms with E-state index in [4.69, 9.17) is 14.0 Å². The summed E-state index contributed by atoms with van der Waals surface area (Å²) >= 11 is 0. The highest BCUT2D eigenvalue weighted by Gasteiger charge is 2.55. The van der Waals surface area contributed by atoms with Crippen LogP contribution in [-0.4, -0.2) is 49.2 Å². The van der Waals surface area contributed by atoms with Gasteiger partial charge in [0.15, 0.2) is 8.32 Å². The highest BCUT2D eigenvalue weighted by molar-refractivity contribution is 6.74. The Morgan fingerprint density at radius 2 is 1.80 bits per heavy atom. The van der Waals surface area contributed by atoms with E-state index in [2.05, 4.69) is 75.4 Å². The largest absolute Gasteiger partial charge is 0.462 e. The number of H-pyrrole nitrogens is 1. The van der Waals surface area contributed by atoms with Crippen molar-refractivity contribution in [1.29, 1.82) is 0 Å². The van der Waals surface area contributed by atoms with Crippen LogP contribution in [0.1, 0.15) is 44.4 Å². The van der Waals surface area contributed by atoms with Crippen molar-refractivity contribution in [3.63, 3.8) is 0 Å². The minimum Gasteiger partial charge on any atom is -0.462 e. The number of benzene rings is 2. The second-order valence-corrected chi connectivity index (χ2v) is 16.3. The van der Waals surface area contributed by atoms with Crippen LogP contribution in [0.4, 0.5) is 0 Å². The molecule has 2 aliphatic heterocycles. The monoisotopic (exact) mass is 492 g/mol. The van der Waals surface area contributed by atoms with Crippen LogP contribution in [0.2, 0.25) is 18.1 Å². The van der Waals surface area contributed by atoms with Crippen LogP contribution in [-0.2, 0) is 25.2 Å². The summed E-state index contributed by atoms with van der Waals surface area (Å²) in [7, 11) is -2.04. The van der Waals surface area contributed by atoms with Crippen molar-refractivity contribution in [3.05, 3.63) is 71.9 Å². The van der Waals surface area contributed by atoms with E-state index in [1.54, 1.807) is 0 Å². The number of rotatable bonds is 6. The third-order valence-electron chi connectivity index (χ3n) is 8.01. The lowest BCUT2D eigenvalue weighted by molar-refractivity contribution is -0.256. The van der Waals surface area contributed by atoms with Crippen LogP contribution in [0, 0.1) is 0 Å². The Bertz CT molecular complexity index is 1200. The van der Waals surface area contributed by atoms with E-state index in [-0.39, 0.29) is 23.7 Å². The molecule has 35 heavy (non-hydrogen) atoms. The molecule has 0 unspecified atom stereocenters. The third-order valence-corrected chi connectivity index (χ3v) is 12.5. The number of hydrogen-bond donors (Lipinski definition) is 1. The fourth-order valence-electron chi connectivity index (χ4n) is 4.88. The van der Waals surface area contributed by atoms with E-state index in [1.807, 2.05) is 29.3 Å². The van der Waals surface area contributed by atoms with E-state index in [0.29, 0.717) is 19.4 Å². The van der Waals surface area contributed by atoms with Crippen LogP contribution in [0.5, 0.6) is 0 Å². The molecule has 0 saturated carbocycles. The van der Waals surface area contributed by atoms with Crippen molar-refractivity contribution in [2.75, 3.05) is 13.2 Å². The van der Waals surface area contributed by atoms with Crippen molar-refractivity contribution in [2.24, 2.45) is 0 Å². The molecule has 0 amide bonds. The van der Waals surface area contributed by atoms with Crippen molar-refractivity contribution in [1.82, 2.24) is 10.0 Å². The first-order valence-corrected chi connectivity index (χ1v) is 15.4. The number of aromatic nitrogens is 1. The van der Waals surface area contributed by atoms with Gasteiger partial charge in [-0.15, -0.1) is 0 Å². The average molecular weight is 493 g/mol. The van der Waals surface area contributed by atoms with Gasteiger partial charge < -0.3 is 14.1 Å². The normalized spacial score (nSPS) is 25.6. The number of para-hydroxylation sites is 1. The number of hydroxylamine groups is 2. The molecule has 0 spiro atoms. The van der Waals surface area contributed by atoms with Gasteiger partial charge in [0.25, 0.3) is 0 Å². The predicted molar refractivity (Wildman–Crippen MR) is 139 cm³/mol. The van der Waals surface area contributed by atoms with Gasteiger partial charge in [0.05, 0.1) is 12.6 Å². The molecule has 2 fully saturated rings. The fraction of sp³-hybridized carbons (Fsp3) is 0.464. The summed E-state index contributed by atoms with van der Waals surface area (Å²) < 4.78 is 12.4. The summed E-state index contributed by atoms with van der Waals surface area (Å²) in [6.45, 7) is 12.0. The van der Waals surface area contributed by atoms with Gasteiger partial charge >= 0.3 is 5.97 Å². The summed E-state index contributed by atoms with van der Waals surface area (Å²) in [6, 6.07) is 17.9. The number of carbonyl (C=O) groups excluding carboxylic acids is 1. The maximum absolute atomic E-state index is 12.9. The third kappa shape index (κ3) is 4.58. The molecule has 2 saturated heterocycles. The maximum atomic E-state index is 12.9. The molecule has 1 aromatic heterocycles. The molecule has 7 heteroatoms. The number of hydrogen-bond acceptors (Lipinski definition) is 5. The van der Waals surface area contributed by atoms with Gasteiger partial charge in [-0.25, -0.2) is 0 Å². The lowest BCUT2D eigenvalue weighted by Gasteiger charge is -2.40. The number of aromatic amines is 1.